The Hall–Kier alpha value is -1.95. The summed E-state index contributed by atoms with van der Waals surface area (Å²) < 4.78 is 0. The number of nitrogens with zero attached hydrogens (tertiary/aromatic N) is 4. The molecule has 0 N–H and O–H groups in total. The van der Waals surface area contributed by atoms with Gasteiger partial charge in [-0.15, -0.1) is 0 Å². The van der Waals surface area contributed by atoms with E-state index in [1.165, 1.54) is 5.56 Å². The van der Waals surface area contributed by atoms with Crippen LogP contribution in [0, 0.1) is 5.92 Å². The monoisotopic (exact) mass is 344 g/mol. The third-order valence-electron chi connectivity index (χ3n) is 5.17. The minimum absolute atomic E-state index is 0.119. The predicted molar refractivity (Wildman–Crippen MR) is 95.7 cm³/mol. The summed E-state index contributed by atoms with van der Waals surface area (Å²) in [5, 5.41) is 0. The van der Waals surface area contributed by atoms with E-state index in [1.807, 2.05) is 43.3 Å². The number of piperazine rings is 1. The number of amides is 2. The molecular formula is C19H28N4O2. The number of aromatic nitrogens is 1. The van der Waals surface area contributed by atoms with Crippen LogP contribution in [0.1, 0.15) is 32.3 Å². The van der Waals surface area contributed by atoms with Gasteiger partial charge in [0, 0.05) is 58.1 Å². The standard InChI is InChI=1S/C19H28N4O2/c1-15(2)18(23-9-3-4-17(23)24)19(25)22-12-10-21(11-13-22)14-16-5-7-20-8-6-16/h5-8,15,18H,3-4,9-14H2,1-2H3. The average molecular weight is 344 g/mol. The molecular weight excluding hydrogens is 316 g/mol. The molecule has 2 amide bonds. The second-order valence-electron chi connectivity index (χ2n) is 7.34. The topological polar surface area (TPSA) is 56.8 Å². The van der Waals surface area contributed by atoms with Crippen molar-refractivity contribution in [3.63, 3.8) is 0 Å². The molecule has 6 nitrogen and oxygen atoms in total. The number of pyridine rings is 1. The minimum Gasteiger partial charge on any atom is -0.338 e. The minimum atomic E-state index is -0.304. The average Bonchev–Trinajstić information content (AvgIpc) is 3.02. The zero-order valence-electron chi connectivity index (χ0n) is 15.2. The molecule has 2 aliphatic heterocycles. The SMILES string of the molecule is CC(C)C(C(=O)N1CCN(Cc2ccncc2)CC1)N1CCCC1=O. The van der Waals surface area contributed by atoms with E-state index in [0.717, 1.165) is 45.7 Å². The van der Waals surface area contributed by atoms with Gasteiger partial charge in [-0.1, -0.05) is 13.8 Å². The van der Waals surface area contributed by atoms with E-state index in [2.05, 4.69) is 9.88 Å². The zero-order valence-corrected chi connectivity index (χ0v) is 15.2. The Balaban J connectivity index is 1.57. The normalized spacial score (nSPS) is 20.4. The lowest BCUT2D eigenvalue weighted by atomic mass is 10.0. The molecule has 0 aromatic carbocycles. The molecule has 3 heterocycles. The third kappa shape index (κ3) is 4.18. The molecule has 3 rings (SSSR count). The van der Waals surface area contributed by atoms with Crippen molar-refractivity contribution in [3.05, 3.63) is 30.1 Å². The van der Waals surface area contributed by atoms with Crippen LogP contribution < -0.4 is 0 Å². The van der Waals surface area contributed by atoms with Crippen molar-refractivity contribution in [2.24, 2.45) is 5.92 Å². The lowest BCUT2D eigenvalue weighted by Gasteiger charge is -2.39. The number of hydrogen-bond donors (Lipinski definition) is 0. The molecule has 1 atom stereocenters. The highest BCUT2D eigenvalue weighted by Gasteiger charge is 2.37. The van der Waals surface area contributed by atoms with E-state index in [1.54, 1.807) is 4.90 Å². The molecule has 0 spiro atoms. The van der Waals surface area contributed by atoms with E-state index in [-0.39, 0.29) is 23.8 Å². The van der Waals surface area contributed by atoms with Gasteiger partial charge >= 0.3 is 0 Å². The molecule has 1 unspecified atom stereocenters. The van der Waals surface area contributed by atoms with Gasteiger partial charge in [0.1, 0.15) is 6.04 Å². The molecule has 0 saturated carbocycles. The third-order valence-corrected chi connectivity index (χ3v) is 5.17. The maximum absolute atomic E-state index is 13.0. The number of carbonyl (C=O) groups excluding carboxylic acids is 2. The molecule has 2 aliphatic rings. The van der Waals surface area contributed by atoms with E-state index in [9.17, 15) is 9.59 Å². The number of hydrogen-bond acceptors (Lipinski definition) is 4. The molecule has 0 bridgehead atoms. The lowest BCUT2D eigenvalue weighted by molar-refractivity contribution is -0.146. The van der Waals surface area contributed by atoms with Crippen molar-refractivity contribution in [3.8, 4) is 0 Å². The lowest BCUT2D eigenvalue weighted by Crippen LogP contribution is -2.56. The second-order valence-corrected chi connectivity index (χ2v) is 7.34. The Bertz CT molecular complexity index is 597. The first-order valence-corrected chi connectivity index (χ1v) is 9.26. The molecule has 0 aliphatic carbocycles. The fraction of sp³-hybridized carbons (Fsp3) is 0.632. The van der Waals surface area contributed by atoms with Crippen molar-refractivity contribution in [2.75, 3.05) is 32.7 Å². The van der Waals surface area contributed by atoms with Gasteiger partial charge in [0.05, 0.1) is 0 Å². The van der Waals surface area contributed by atoms with Crippen LogP contribution in [0.25, 0.3) is 0 Å². The van der Waals surface area contributed by atoms with E-state index in [4.69, 9.17) is 0 Å². The van der Waals surface area contributed by atoms with Crippen LogP contribution in [0.4, 0.5) is 0 Å². The molecule has 2 fully saturated rings. The fourth-order valence-electron chi connectivity index (χ4n) is 3.80. The fourth-order valence-corrected chi connectivity index (χ4v) is 3.80. The van der Waals surface area contributed by atoms with Crippen molar-refractivity contribution in [2.45, 2.75) is 39.3 Å². The smallest absolute Gasteiger partial charge is 0.245 e. The van der Waals surface area contributed by atoms with Gasteiger partial charge in [0.15, 0.2) is 0 Å². The zero-order chi connectivity index (χ0) is 17.8. The summed E-state index contributed by atoms with van der Waals surface area (Å²) in [6.07, 6.45) is 5.08. The van der Waals surface area contributed by atoms with Crippen molar-refractivity contribution in [1.82, 2.24) is 19.7 Å². The molecule has 136 valence electrons. The Morgan fingerprint density at radius 2 is 1.80 bits per heavy atom. The summed E-state index contributed by atoms with van der Waals surface area (Å²) in [5.74, 6) is 0.390. The van der Waals surface area contributed by atoms with Crippen LogP contribution >= 0.6 is 0 Å². The highest BCUT2D eigenvalue weighted by atomic mass is 16.2. The molecule has 1 aromatic heterocycles. The van der Waals surface area contributed by atoms with Crippen LogP contribution in [-0.2, 0) is 16.1 Å². The van der Waals surface area contributed by atoms with Crippen molar-refractivity contribution in [1.29, 1.82) is 0 Å². The first-order valence-electron chi connectivity index (χ1n) is 9.26. The Labute approximate surface area is 149 Å². The predicted octanol–water partition coefficient (Wildman–Crippen LogP) is 1.37. The maximum Gasteiger partial charge on any atom is 0.245 e. The van der Waals surface area contributed by atoms with Gasteiger partial charge in [0.2, 0.25) is 11.8 Å². The maximum atomic E-state index is 13.0. The highest BCUT2D eigenvalue weighted by Crippen LogP contribution is 2.21. The summed E-state index contributed by atoms with van der Waals surface area (Å²) in [6, 6.07) is 3.76. The quantitative estimate of drug-likeness (QED) is 0.810. The van der Waals surface area contributed by atoms with Crippen LogP contribution in [0.3, 0.4) is 0 Å². The van der Waals surface area contributed by atoms with Gasteiger partial charge in [-0.2, -0.15) is 0 Å². The van der Waals surface area contributed by atoms with Gasteiger partial charge in [-0.05, 0) is 30.0 Å². The number of rotatable bonds is 5. The Morgan fingerprint density at radius 3 is 2.36 bits per heavy atom. The summed E-state index contributed by atoms with van der Waals surface area (Å²) in [7, 11) is 0. The van der Waals surface area contributed by atoms with E-state index < -0.39 is 0 Å². The number of likely N-dealkylation sites (tertiary alicyclic amines) is 1. The molecule has 1 aromatic rings. The van der Waals surface area contributed by atoms with Crippen LogP contribution in [0.2, 0.25) is 0 Å². The van der Waals surface area contributed by atoms with Crippen LogP contribution in [-0.4, -0.2) is 70.3 Å². The molecule has 2 saturated heterocycles. The molecule has 25 heavy (non-hydrogen) atoms. The summed E-state index contributed by atoms with van der Waals surface area (Å²) in [4.78, 5) is 35.3. The summed E-state index contributed by atoms with van der Waals surface area (Å²) in [6.45, 7) is 8.88. The summed E-state index contributed by atoms with van der Waals surface area (Å²) in [5.41, 5.74) is 1.25. The van der Waals surface area contributed by atoms with Crippen LogP contribution in [0.5, 0.6) is 0 Å². The van der Waals surface area contributed by atoms with Crippen LogP contribution in [0.15, 0.2) is 24.5 Å². The van der Waals surface area contributed by atoms with Gasteiger partial charge in [-0.3, -0.25) is 19.5 Å². The summed E-state index contributed by atoms with van der Waals surface area (Å²) >= 11 is 0. The molecule has 0 radical (unpaired) electrons. The first-order chi connectivity index (χ1) is 12.1. The largest absolute Gasteiger partial charge is 0.338 e. The first kappa shape index (κ1) is 17.9. The Kier molecular flexibility index (Phi) is 5.68. The van der Waals surface area contributed by atoms with E-state index in [0.29, 0.717) is 6.42 Å². The van der Waals surface area contributed by atoms with Crippen molar-refractivity contribution < 1.29 is 9.59 Å². The van der Waals surface area contributed by atoms with Gasteiger partial charge < -0.3 is 9.80 Å². The number of carbonyl (C=O) groups is 2. The highest BCUT2D eigenvalue weighted by molar-refractivity contribution is 5.89. The van der Waals surface area contributed by atoms with Gasteiger partial charge in [0.25, 0.3) is 0 Å². The van der Waals surface area contributed by atoms with Crippen molar-refractivity contribution >= 4 is 11.8 Å². The second kappa shape index (κ2) is 7.95. The molecule has 6 heteroatoms. The Morgan fingerprint density at radius 1 is 1.12 bits per heavy atom. The van der Waals surface area contributed by atoms with E-state index >= 15 is 0 Å². The van der Waals surface area contributed by atoms with Gasteiger partial charge in [-0.25, -0.2) is 0 Å².